The molecule has 0 spiro atoms. The molecule has 0 saturated carbocycles. The molecule has 2 amide bonds. The van der Waals surface area contributed by atoms with E-state index < -0.39 is 0 Å². The molecular formula is C33H32N4O2. The number of fused-ring (bicyclic) bond motifs is 1. The molecule has 0 aliphatic carbocycles. The van der Waals surface area contributed by atoms with Crippen molar-refractivity contribution in [3.8, 4) is 11.1 Å². The molecule has 0 bridgehead atoms. The molecule has 2 aromatic heterocycles. The second-order valence-corrected chi connectivity index (χ2v) is 9.50. The number of benzene rings is 3. The van der Waals surface area contributed by atoms with Crippen molar-refractivity contribution in [2.75, 3.05) is 13.1 Å². The summed E-state index contributed by atoms with van der Waals surface area (Å²) in [6.45, 7) is 3.67. The number of H-pyrrole nitrogens is 1. The molecule has 5 aromatic rings. The van der Waals surface area contributed by atoms with Gasteiger partial charge in [0.25, 0.3) is 11.8 Å². The van der Waals surface area contributed by atoms with Crippen molar-refractivity contribution in [2.24, 2.45) is 0 Å². The largest absolute Gasteiger partial charge is 0.361 e. The van der Waals surface area contributed by atoms with Gasteiger partial charge in [0.2, 0.25) is 0 Å². The van der Waals surface area contributed by atoms with Gasteiger partial charge in [-0.05, 0) is 59.9 Å². The Bertz CT molecular complexity index is 1580. The lowest BCUT2D eigenvalue weighted by atomic mass is 9.94. The van der Waals surface area contributed by atoms with Crippen molar-refractivity contribution in [3.05, 3.63) is 126 Å². The van der Waals surface area contributed by atoms with Gasteiger partial charge in [-0.15, -0.1) is 0 Å². The summed E-state index contributed by atoms with van der Waals surface area (Å²) in [6.07, 6.45) is 5.35. The van der Waals surface area contributed by atoms with Crippen molar-refractivity contribution in [1.29, 1.82) is 0 Å². The van der Waals surface area contributed by atoms with E-state index in [2.05, 4.69) is 34.3 Å². The summed E-state index contributed by atoms with van der Waals surface area (Å²) in [5.74, 6) is -0.237. The number of aromatic amines is 1. The Morgan fingerprint density at radius 3 is 2.28 bits per heavy atom. The quantitative estimate of drug-likeness (QED) is 0.230. The molecule has 2 heterocycles. The summed E-state index contributed by atoms with van der Waals surface area (Å²) in [4.78, 5) is 36.7. The minimum atomic E-state index is -0.205. The van der Waals surface area contributed by atoms with Crippen LogP contribution in [0.3, 0.4) is 0 Å². The number of aromatic nitrogens is 2. The Labute approximate surface area is 228 Å². The van der Waals surface area contributed by atoms with Crippen molar-refractivity contribution < 1.29 is 9.59 Å². The Morgan fingerprint density at radius 2 is 1.51 bits per heavy atom. The molecule has 5 rings (SSSR count). The lowest BCUT2D eigenvalue weighted by molar-refractivity contribution is 0.0757. The predicted molar refractivity (Wildman–Crippen MR) is 155 cm³/mol. The van der Waals surface area contributed by atoms with E-state index in [-0.39, 0.29) is 11.8 Å². The molecule has 6 nitrogen and oxygen atoms in total. The van der Waals surface area contributed by atoms with Crippen LogP contribution in [0.1, 0.15) is 45.3 Å². The minimum Gasteiger partial charge on any atom is -0.361 e. The lowest BCUT2D eigenvalue weighted by Gasteiger charge is -2.24. The van der Waals surface area contributed by atoms with E-state index in [1.807, 2.05) is 83.9 Å². The van der Waals surface area contributed by atoms with Crippen molar-refractivity contribution in [2.45, 2.75) is 26.3 Å². The molecule has 3 aromatic carbocycles. The van der Waals surface area contributed by atoms with E-state index in [1.54, 1.807) is 12.3 Å². The molecule has 0 saturated heterocycles. The molecule has 0 unspecified atom stereocenters. The number of hydrogen-bond donors (Lipinski definition) is 2. The highest BCUT2D eigenvalue weighted by Crippen LogP contribution is 2.29. The van der Waals surface area contributed by atoms with Crippen LogP contribution in [-0.2, 0) is 13.0 Å². The zero-order valence-corrected chi connectivity index (χ0v) is 22.1. The first kappa shape index (κ1) is 25.9. The van der Waals surface area contributed by atoms with Gasteiger partial charge in [0.1, 0.15) is 0 Å². The van der Waals surface area contributed by atoms with E-state index in [9.17, 15) is 9.59 Å². The first-order chi connectivity index (χ1) is 19.2. The van der Waals surface area contributed by atoms with Gasteiger partial charge in [-0.3, -0.25) is 14.6 Å². The summed E-state index contributed by atoms with van der Waals surface area (Å²) in [5.41, 5.74) is 5.67. The lowest BCUT2D eigenvalue weighted by Crippen LogP contribution is -2.34. The van der Waals surface area contributed by atoms with Gasteiger partial charge < -0.3 is 15.2 Å². The van der Waals surface area contributed by atoms with E-state index in [4.69, 9.17) is 0 Å². The highest BCUT2D eigenvalue weighted by atomic mass is 16.2. The molecule has 39 heavy (non-hydrogen) atoms. The maximum atomic E-state index is 14.0. The van der Waals surface area contributed by atoms with Crippen molar-refractivity contribution in [3.63, 3.8) is 0 Å². The number of pyridine rings is 1. The minimum absolute atomic E-state index is 0.0315. The summed E-state index contributed by atoms with van der Waals surface area (Å²) in [5, 5.41) is 4.16. The number of nitrogens with zero attached hydrogens (tertiary/aromatic N) is 2. The van der Waals surface area contributed by atoms with Gasteiger partial charge in [-0.2, -0.15) is 0 Å². The zero-order valence-electron chi connectivity index (χ0n) is 22.1. The van der Waals surface area contributed by atoms with Crippen LogP contribution in [-0.4, -0.2) is 39.8 Å². The van der Waals surface area contributed by atoms with Crippen LogP contribution in [0, 0.1) is 0 Å². The SMILES string of the molecule is CCCN(CCc1c[nH]c2ccccc12)C(=O)c1ccccc1-c1ccccc1C(=O)NCc1ccccn1. The second kappa shape index (κ2) is 12.2. The number of nitrogens with one attached hydrogen (secondary N) is 2. The standard InChI is InChI=1S/C33H32N4O2/c1-2-20-37(21-18-24-22-35-31-17-8-7-12-26(24)31)33(39)30-16-6-4-14-28(30)27-13-3-5-15-29(27)32(38)36-23-25-11-9-10-19-34-25/h3-17,19,22,35H,2,18,20-21,23H2,1H3,(H,36,38). The third kappa shape index (κ3) is 5.91. The fraction of sp³-hybridized carbons (Fsp3) is 0.182. The van der Waals surface area contributed by atoms with Gasteiger partial charge in [-0.25, -0.2) is 0 Å². The molecule has 6 heteroatoms. The smallest absolute Gasteiger partial charge is 0.254 e. The predicted octanol–water partition coefficient (Wildman–Crippen LogP) is 6.25. The molecule has 0 aliphatic rings. The van der Waals surface area contributed by atoms with Gasteiger partial charge in [0, 0.05) is 47.5 Å². The average Bonchev–Trinajstić information content (AvgIpc) is 3.41. The van der Waals surface area contributed by atoms with Gasteiger partial charge >= 0.3 is 0 Å². The van der Waals surface area contributed by atoms with E-state index in [0.717, 1.165) is 35.2 Å². The van der Waals surface area contributed by atoms with E-state index in [0.29, 0.717) is 30.8 Å². The van der Waals surface area contributed by atoms with Crippen LogP contribution >= 0.6 is 0 Å². The third-order valence-corrected chi connectivity index (χ3v) is 6.88. The summed E-state index contributed by atoms with van der Waals surface area (Å²) >= 11 is 0. The zero-order chi connectivity index (χ0) is 27.0. The Kier molecular flexibility index (Phi) is 8.12. The summed E-state index contributed by atoms with van der Waals surface area (Å²) in [7, 11) is 0. The number of amides is 2. The topological polar surface area (TPSA) is 78.1 Å². The molecule has 0 radical (unpaired) electrons. The highest BCUT2D eigenvalue weighted by molar-refractivity contribution is 6.06. The first-order valence-corrected chi connectivity index (χ1v) is 13.4. The highest BCUT2D eigenvalue weighted by Gasteiger charge is 2.22. The monoisotopic (exact) mass is 516 g/mol. The number of carbonyl (C=O) groups is 2. The molecule has 0 fully saturated rings. The van der Waals surface area contributed by atoms with Gasteiger partial charge in [0.15, 0.2) is 0 Å². The second-order valence-electron chi connectivity index (χ2n) is 9.50. The number of rotatable bonds is 10. The van der Waals surface area contributed by atoms with Crippen LogP contribution in [0.15, 0.2) is 103 Å². The summed E-state index contributed by atoms with van der Waals surface area (Å²) < 4.78 is 0. The Hall–Kier alpha value is -4.71. The van der Waals surface area contributed by atoms with Gasteiger partial charge in [0.05, 0.1) is 12.2 Å². The van der Waals surface area contributed by atoms with Crippen molar-refractivity contribution in [1.82, 2.24) is 20.2 Å². The average molecular weight is 517 g/mol. The Morgan fingerprint density at radius 1 is 0.821 bits per heavy atom. The maximum Gasteiger partial charge on any atom is 0.254 e. The first-order valence-electron chi connectivity index (χ1n) is 13.4. The number of carbonyl (C=O) groups excluding carboxylic acids is 2. The molecule has 0 atom stereocenters. The van der Waals surface area contributed by atoms with Crippen LogP contribution in [0.4, 0.5) is 0 Å². The fourth-order valence-electron chi connectivity index (χ4n) is 4.94. The normalized spacial score (nSPS) is 10.9. The summed E-state index contributed by atoms with van der Waals surface area (Å²) in [6, 6.07) is 28.8. The fourth-order valence-corrected chi connectivity index (χ4v) is 4.94. The van der Waals surface area contributed by atoms with Crippen molar-refractivity contribution >= 4 is 22.7 Å². The Balaban J connectivity index is 1.39. The van der Waals surface area contributed by atoms with E-state index >= 15 is 0 Å². The third-order valence-electron chi connectivity index (χ3n) is 6.88. The van der Waals surface area contributed by atoms with E-state index in [1.165, 1.54) is 10.9 Å². The molecular weight excluding hydrogens is 484 g/mol. The molecule has 196 valence electrons. The molecule has 2 N–H and O–H groups in total. The molecule has 0 aliphatic heterocycles. The van der Waals surface area contributed by atoms with Crippen LogP contribution in [0.25, 0.3) is 22.0 Å². The van der Waals surface area contributed by atoms with Crippen LogP contribution in [0.2, 0.25) is 0 Å². The number of hydrogen-bond acceptors (Lipinski definition) is 3. The van der Waals surface area contributed by atoms with Crippen LogP contribution < -0.4 is 5.32 Å². The van der Waals surface area contributed by atoms with Crippen LogP contribution in [0.5, 0.6) is 0 Å². The maximum absolute atomic E-state index is 14.0. The number of para-hydroxylation sites is 1. The van der Waals surface area contributed by atoms with Gasteiger partial charge in [-0.1, -0.05) is 67.6 Å².